The number of hydrogen-bond donors (Lipinski definition) is 1. The smallest absolute Gasteiger partial charge is 0.416 e. The number of hydrogen-bond acceptors (Lipinski definition) is 6. The number of halogens is 6. The van der Waals surface area contributed by atoms with Crippen molar-refractivity contribution in [3.8, 4) is 0 Å². The molecule has 0 bridgehead atoms. The maximum Gasteiger partial charge on any atom is 0.416 e. The van der Waals surface area contributed by atoms with Crippen LogP contribution in [0, 0.1) is 0 Å². The Labute approximate surface area is 184 Å². The molecule has 0 fully saturated rings. The summed E-state index contributed by atoms with van der Waals surface area (Å²) in [4.78, 5) is 36.9. The summed E-state index contributed by atoms with van der Waals surface area (Å²) in [6.45, 7) is 0. The van der Waals surface area contributed by atoms with Crippen LogP contribution < -0.4 is 15.8 Å². The molecule has 0 spiro atoms. The molecule has 2 heterocycles. The van der Waals surface area contributed by atoms with Crippen LogP contribution in [0.25, 0.3) is 10.3 Å². The standard InChI is InChI=1S/C19H12F6N2O5S/c1-27(14-7-12-13(33-14)6-11(15(28)31-2)16(29)32-12)17(30)26-10-4-8(18(20,21)22)3-9(5-10)19(23,24)25/h3-7H,1-2H3,(H,26,30). The van der Waals surface area contributed by atoms with Gasteiger partial charge in [0.15, 0.2) is 5.58 Å². The lowest BCUT2D eigenvalue weighted by atomic mass is 10.1. The van der Waals surface area contributed by atoms with E-state index in [0.29, 0.717) is 12.1 Å². The summed E-state index contributed by atoms with van der Waals surface area (Å²) in [6.07, 6.45) is -10.2. The number of fused-ring (bicyclic) bond motifs is 1. The van der Waals surface area contributed by atoms with Gasteiger partial charge in [-0.15, -0.1) is 11.3 Å². The van der Waals surface area contributed by atoms with Crippen LogP contribution >= 0.6 is 11.3 Å². The van der Waals surface area contributed by atoms with E-state index in [4.69, 9.17) is 4.42 Å². The average molecular weight is 494 g/mol. The minimum absolute atomic E-state index is 0.00531. The summed E-state index contributed by atoms with van der Waals surface area (Å²) in [5, 5.41) is 2.11. The maximum absolute atomic E-state index is 13.0. The van der Waals surface area contributed by atoms with Crippen molar-refractivity contribution < 1.29 is 45.1 Å². The van der Waals surface area contributed by atoms with Gasteiger partial charge in [0, 0.05) is 18.8 Å². The third-order valence-corrected chi connectivity index (χ3v) is 5.43. The molecule has 1 aromatic carbocycles. The SMILES string of the molecule is COC(=O)c1cc2sc(N(C)C(=O)Nc3cc(C(F)(F)F)cc(C(F)(F)F)c3)cc2oc1=O. The molecule has 176 valence electrons. The lowest BCUT2D eigenvalue weighted by Gasteiger charge is -2.18. The van der Waals surface area contributed by atoms with Crippen LogP contribution in [-0.4, -0.2) is 26.2 Å². The minimum atomic E-state index is -5.08. The van der Waals surface area contributed by atoms with Gasteiger partial charge >= 0.3 is 30.0 Å². The molecule has 3 aromatic rings. The number of nitrogens with one attached hydrogen (secondary N) is 1. The van der Waals surface area contributed by atoms with Gasteiger partial charge in [-0.05, 0) is 24.3 Å². The number of esters is 1. The second-order valence-electron chi connectivity index (χ2n) is 6.54. The molecule has 14 heteroatoms. The molecule has 0 radical (unpaired) electrons. The topological polar surface area (TPSA) is 88.8 Å². The largest absolute Gasteiger partial charge is 0.465 e. The van der Waals surface area contributed by atoms with E-state index in [1.54, 1.807) is 0 Å². The summed E-state index contributed by atoms with van der Waals surface area (Å²) in [7, 11) is 2.25. The molecule has 0 aliphatic heterocycles. The van der Waals surface area contributed by atoms with E-state index in [-0.39, 0.29) is 21.4 Å². The molecule has 2 amide bonds. The molecule has 0 atom stereocenters. The number of thiophene rings is 1. The van der Waals surface area contributed by atoms with E-state index in [0.717, 1.165) is 23.3 Å². The predicted octanol–water partition coefficient (Wildman–Crippen LogP) is 5.35. The third kappa shape index (κ3) is 5.10. The number of nitrogens with zero attached hydrogens (tertiary/aromatic N) is 1. The summed E-state index contributed by atoms with van der Waals surface area (Å²) in [5.41, 5.74) is -5.28. The molecule has 2 aromatic heterocycles. The molecule has 0 aliphatic carbocycles. The molecular weight excluding hydrogens is 482 g/mol. The lowest BCUT2D eigenvalue weighted by molar-refractivity contribution is -0.143. The molecular formula is C19H12F6N2O5S. The molecule has 0 aliphatic rings. The minimum Gasteiger partial charge on any atom is -0.465 e. The number of benzene rings is 1. The van der Waals surface area contributed by atoms with E-state index in [1.165, 1.54) is 19.2 Å². The Hall–Kier alpha value is -3.55. The monoisotopic (exact) mass is 494 g/mol. The van der Waals surface area contributed by atoms with Gasteiger partial charge in [0.25, 0.3) is 0 Å². The molecule has 0 saturated carbocycles. The van der Waals surface area contributed by atoms with Gasteiger partial charge in [0.2, 0.25) is 0 Å². The van der Waals surface area contributed by atoms with Crippen molar-refractivity contribution in [1.82, 2.24) is 0 Å². The number of ether oxygens (including phenoxy) is 1. The lowest BCUT2D eigenvalue weighted by Crippen LogP contribution is -2.30. The highest BCUT2D eigenvalue weighted by Gasteiger charge is 2.37. The first-order valence-corrected chi connectivity index (χ1v) is 9.52. The van der Waals surface area contributed by atoms with E-state index in [9.17, 15) is 40.7 Å². The summed E-state index contributed by atoms with van der Waals surface area (Å²) >= 11 is 0.875. The fourth-order valence-electron chi connectivity index (χ4n) is 2.65. The van der Waals surface area contributed by atoms with E-state index >= 15 is 0 Å². The van der Waals surface area contributed by atoms with Crippen LogP contribution in [0.3, 0.4) is 0 Å². The van der Waals surface area contributed by atoms with Crippen molar-refractivity contribution >= 4 is 44.3 Å². The summed E-state index contributed by atoms with van der Waals surface area (Å²) < 4.78 is 87.8. The fraction of sp³-hybridized carbons (Fsp3) is 0.211. The van der Waals surface area contributed by atoms with Gasteiger partial charge < -0.3 is 14.5 Å². The van der Waals surface area contributed by atoms with Crippen molar-refractivity contribution in [1.29, 1.82) is 0 Å². The van der Waals surface area contributed by atoms with Gasteiger partial charge in [-0.2, -0.15) is 26.3 Å². The highest BCUT2D eigenvalue weighted by atomic mass is 32.1. The van der Waals surface area contributed by atoms with Gasteiger partial charge in [-0.1, -0.05) is 0 Å². The Kier molecular flexibility index (Phi) is 6.15. The molecule has 33 heavy (non-hydrogen) atoms. The van der Waals surface area contributed by atoms with Crippen LogP contribution in [-0.2, 0) is 17.1 Å². The Morgan fingerprint density at radius 1 is 1.00 bits per heavy atom. The van der Waals surface area contributed by atoms with Crippen molar-refractivity contribution in [2.24, 2.45) is 0 Å². The van der Waals surface area contributed by atoms with Crippen LogP contribution in [0.4, 0.5) is 41.8 Å². The van der Waals surface area contributed by atoms with Crippen molar-refractivity contribution in [2.75, 3.05) is 24.4 Å². The summed E-state index contributed by atoms with van der Waals surface area (Å²) in [6, 6.07) is 2.03. The van der Waals surface area contributed by atoms with E-state index in [1.807, 2.05) is 5.32 Å². The molecule has 0 saturated heterocycles. The highest BCUT2D eigenvalue weighted by molar-refractivity contribution is 7.22. The van der Waals surface area contributed by atoms with Crippen LogP contribution in [0.1, 0.15) is 21.5 Å². The van der Waals surface area contributed by atoms with Gasteiger partial charge in [0.05, 0.1) is 22.9 Å². The van der Waals surface area contributed by atoms with Crippen LogP contribution in [0.15, 0.2) is 39.5 Å². The Bertz CT molecular complexity index is 1260. The Morgan fingerprint density at radius 3 is 2.09 bits per heavy atom. The van der Waals surface area contributed by atoms with Crippen LogP contribution in [0.2, 0.25) is 0 Å². The zero-order valence-corrected chi connectivity index (χ0v) is 17.4. The number of alkyl halides is 6. The second-order valence-corrected chi connectivity index (χ2v) is 7.60. The first kappa shape index (κ1) is 24.1. The molecule has 0 unspecified atom stereocenters. The maximum atomic E-state index is 13.0. The Balaban J connectivity index is 1.92. The second kappa shape index (κ2) is 8.42. The fourth-order valence-corrected chi connectivity index (χ4v) is 3.64. The summed E-state index contributed by atoms with van der Waals surface area (Å²) in [5.74, 6) is -0.947. The normalized spacial score (nSPS) is 12.0. The average Bonchev–Trinajstić information content (AvgIpc) is 3.13. The van der Waals surface area contributed by atoms with Gasteiger partial charge in [0.1, 0.15) is 10.6 Å². The number of carbonyl (C=O) groups is 2. The zero-order valence-electron chi connectivity index (χ0n) is 16.6. The van der Waals surface area contributed by atoms with Crippen molar-refractivity contribution in [2.45, 2.75) is 12.4 Å². The van der Waals surface area contributed by atoms with Gasteiger partial charge in [-0.3, -0.25) is 4.90 Å². The first-order chi connectivity index (χ1) is 15.2. The number of anilines is 2. The quantitative estimate of drug-likeness (QED) is 0.392. The number of urea groups is 1. The number of carbonyl (C=O) groups excluding carboxylic acids is 2. The van der Waals surface area contributed by atoms with E-state index in [2.05, 4.69) is 4.74 Å². The zero-order chi connectivity index (χ0) is 24.7. The molecule has 3 rings (SSSR count). The molecule has 7 nitrogen and oxygen atoms in total. The first-order valence-electron chi connectivity index (χ1n) is 8.71. The highest BCUT2D eigenvalue weighted by Crippen LogP contribution is 2.38. The number of methoxy groups -OCH3 is 1. The third-order valence-electron chi connectivity index (χ3n) is 4.29. The van der Waals surface area contributed by atoms with E-state index < -0.39 is 52.4 Å². The van der Waals surface area contributed by atoms with Crippen molar-refractivity contribution in [3.05, 3.63) is 57.4 Å². The number of rotatable bonds is 3. The molecule has 1 N–H and O–H groups in total. The number of amides is 2. The van der Waals surface area contributed by atoms with Gasteiger partial charge in [-0.25, -0.2) is 14.4 Å². The van der Waals surface area contributed by atoms with Crippen molar-refractivity contribution in [3.63, 3.8) is 0 Å². The Morgan fingerprint density at radius 2 is 1.58 bits per heavy atom. The van der Waals surface area contributed by atoms with Crippen LogP contribution in [0.5, 0.6) is 0 Å². The predicted molar refractivity (Wildman–Crippen MR) is 106 cm³/mol.